The minimum Gasteiger partial charge on any atom is -0.451 e. The van der Waals surface area contributed by atoms with E-state index in [1.807, 2.05) is 0 Å². The van der Waals surface area contributed by atoms with Crippen LogP contribution in [0.25, 0.3) is 11.3 Å². The lowest BCUT2D eigenvalue weighted by atomic mass is 10.1. The van der Waals surface area contributed by atoms with Crippen LogP contribution >= 0.6 is 23.8 Å². The molecule has 0 saturated carbocycles. The summed E-state index contributed by atoms with van der Waals surface area (Å²) in [7, 11) is 0. The third-order valence-electron chi connectivity index (χ3n) is 6.75. The van der Waals surface area contributed by atoms with Gasteiger partial charge in [0.25, 0.3) is 11.6 Å². The van der Waals surface area contributed by atoms with Gasteiger partial charge in [-0.2, -0.15) is 0 Å². The Morgan fingerprint density at radius 1 is 0.886 bits per heavy atom. The van der Waals surface area contributed by atoms with Gasteiger partial charge in [-0.1, -0.05) is 23.7 Å². The zero-order chi connectivity index (χ0) is 31.7. The molecule has 1 fully saturated rings. The first-order valence-electron chi connectivity index (χ1n) is 12.7. The van der Waals surface area contributed by atoms with Crippen molar-refractivity contribution in [1.29, 1.82) is 0 Å². The minimum atomic E-state index is -2.21. The first-order valence-corrected chi connectivity index (χ1v) is 13.5. The molecule has 2 heterocycles. The van der Waals surface area contributed by atoms with E-state index >= 15 is 0 Å². The van der Waals surface area contributed by atoms with E-state index in [1.165, 1.54) is 36.4 Å². The third-order valence-corrected chi connectivity index (χ3v) is 7.26. The molecule has 0 unspecified atom stereocenters. The van der Waals surface area contributed by atoms with Gasteiger partial charge in [0.15, 0.2) is 34.1 Å². The number of para-hydroxylation sites is 1. The van der Waals surface area contributed by atoms with Crippen LogP contribution in [-0.2, 0) is 0 Å². The highest BCUT2D eigenvalue weighted by Gasteiger charge is 2.31. The van der Waals surface area contributed by atoms with Crippen LogP contribution in [0.15, 0.2) is 59.0 Å². The number of nitrogens with one attached hydrogen (secondary N) is 2. The van der Waals surface area contributed by atoms with Crippen molar-refractivity contribution in [3.8, 4) is 11.3 Å². The number of furan rings is 1. The quantitative estimate of drug-likeness (QED) is 0.0596. The van der Waals surface area contributed by atoms with Gasteiger partial charge >= 0.3 is 0 Å². The normalized spacial score (nSPS) is 13.1. The fraction of sp³-hybridized carbons (Fsp3) is 0.143. The molecule has 1 amide bonds. The second kappa shape index (κ2) is 12.5. The molecule has 4 aromatic rings. The Balaban J connectivity index is 1.20. The zero-order valence-corrected chi connectivity index (χ0v) is 23.7. The topological polar surface area (TPSA) is 104 Å². The number of benzene rings is 3. The van der Waals surface area contributed by atoms with Crippen LogP contribution in [0, 0.1) is 39.2 Å². The van der Waals surface area contributed by atoms with Gasteiger partial charge in [-0.25, -0.2) is 22.0 Å². The van der Waals surface area contributed by atoms with Crippen LogP contribution in [-0.4, -0.2) is 42.1 Å². The molecule has 0 spiro atoms. The lowest BCUT2D eigenvalue weighted by Gasteiger charge is -2.38. The van der Waals surface area contributed by atoms with E-state index in [2.05, 4.69) is 10.6 Å². The Kier molecular flexibility index (Phi) is 8.69. The maximum atomic E-state index is 14.2. The largest absolute Gasteiger partial charge is 0.451 e. The molecule has 0 aliphatic carbocycles. The highest BCUT2D eigenvalue weighted by Crippen LogP contribution is 2.34. The number of carbonyl (C=O) groups is 1. The highest BCUT2D eigenvalue weighted by atomic mass is 35.5. The molecule has 9 nitrogen and oxygen atoms in total. The summed E-state index contributed by atoms with van der Waals surface area (Å²) in [4.78, 5) is 26.2. The Bertz CT molecular complexity index is 1770. The summed E-state index contributed by atoms with van der Waals surface area (Å²) in [6.07, 6.45) is 0. The first-order chi connectivity index (χ1) is 21.0. The predicted molar refractivity (Wildman–Crippen MR) is 157 cm³/mol. The number of nitro benzene ring substituents is 1. The van der Waals surface area contributed by atoms with Crippen molar-refractivity contribution in [3.63, 3.8) is 0 Å². The van der Waals surface area contributed by atoms with Crippen LogP contribution in [0.4, 0.5) is 44.7 Å². The van der Waals surface area contributed by atoms with Crippen LogP contribution < -0.4 is 20.4 Å². The molecular weight excluding hydrogens is 633 g/mol. The first kappa shape index (κ1) is 30.7. The molecule has 1 aliphatic rings. The van der Waals surface area contributed by atoms with E-state index in [-0.39, 0.29) is 59.1 Å². The van der Waals surface area contributed by atoms with E-state index < -0.39 is 45.6 Å². The van der Waals surface area contributed by atoms with Gasteiger partial charge in [-0.05, 0) is 48.6 Å². The lowest BCUT2D eigenvalue weighted by molar-refractivity contribution is -0.384. The van der Waals surface area contributed by atoms with Crippen molar-refractivity contribution in [2.24, 2.45) is 0 Å². The fourth-order valence-corrected chi connectivity index (χ4v) is 5.17. The van der Waals surface area contributed by atoms with E-state index in [1.54, 1.807) is 23.1 Å². The van der Waals surface area contributed by atoms with Crippen molar-refractivity contribution in [1.82, 2.24) is 5.32 Å². The Hall–Kier alpha value is -4.76. The van der Waals surface area contributed by atoms with Gasteiger partial charge in [-0.3, -0.25) is 20.2 Å². The predicted octanol–water partition coefficient (Wildman–Crippen LogP) is 6.66. The average molecular weight is 652 g/mol. The number of hydrogen-bond acceptors (Lipinski definition) is 7. The van der Waals surface area contributed by atoms with Crippen molar-refractivity contribution in [3.05, 3.63) is 105 Å². The molecule has 44 heavy (non-hydrogen) atoms. The van der Waals surface area contributed by atoms with E-state index in [9.17, 15) is 36.9 Å². The van der Waals surface area contributed by atoms with Gasteiger partial charge in [0, 0.05) is 37.9 Å². The van der Waals surface area contributed by atoms with Gasteiger partial charge in [0.2, 0.25) is 5.82 Å². The zero-order valence-electron chi connectivity index (χ0n) is 22.2. The summed E-state index contributed by atoms with van der Waals surface area (Å²) in [5.41, 5.74) is -0.0125. The molecule has 2 N–H and O–H groups in total. The number of nitrogens with zero attached hydrogens (tertiary/aromatic N) is 3. The van der Waals surface area contributed by atoms with Crippen LogP contribution in [0.1, 0.15) is 10.6 Å². The number of carbonyl (C=O) groups excluding carboxylic acids is 1. The second-order valence-electron chi connectivity index (χ2n) is 9.41. The van der Waals surface area contributed by atoms with Crippen LogP contribution in [0.5, 0.6) is 0 Å². The molecule has 0 atom stereocenters. The number of amides is 1. The summed E-state index contributed by atoms with van der Waals surface area (Å²) in [5, 5.41) is 16.7. The molecule has 5 rings (SSSR count). The standard InChI is InChI=1S/C28H19ClF5N5O4S/c29-16-13-14(35-28(44)36-27(40)20-8-7-19(43-20)15-3-1-2-4-17(15)39(41)42)5-6-18(16)37-9-11-38(12-10-37)26-24(33)22(31)21(30)23(32)25(26)34/h1-8,13H,9-12H2,(H2,35,36,40,44). The molecule has 16 heteroatoms. The molecule has 1 aliphatic heterocycles. The van der Waals surface area contributed by atoms with Crippen LogP contribution in [0.2, 0.25) is 5.02 Å². The number of nitro groups is 1. The average Bonchev–Trinajstić information content (AvgIpc) is 3.50. The summed E-state index contributed by atoms with van der Waals surface area (Å²) >= 11 is 11.7. The monoisotopic (exact) mass is 651 g/mol. The Morgan fingerprint density at radius 3 is 2.14 bits per heavy atom. The molecule has 1 aromatic heterocycles. The second-order valence-corrected chi connectivity index (χ2v) is 10.2. The third kappa shape index (κ3) is 6.01. The number of halogens is 6. The van der Waals surface area contributed by atoms with Crippen molar-refractivity contribution in [2.45, 2.75) is 0 Å². The number of thiocarbonyl (C=S) groups is 1. The number of anilines is 3. The molecule has 3 aromatic carbocycles. The van der Waals surface area contributed by atoms with Crippen molar-refractivity contribution in [2.75, 3.05) is 41.3 Å². The summed E-state index contributed by atoms with van der Waals surface area (Å²) in [6.45, 7) is 0.239. The number of piperazine rings is 1. The minimum absolute atomic E-state index is 0.0447. The molecular formula is C28H19ClF5N5O4S. The number of hydrogen-bond donors (Lipinski definition) is 2. The Morgan fingerprint density at radius 2 is 1.50 bits per heavy atom. The molecule has 0 bridgehead atoms. The van der Waals surface area contributed by atoms with E-state index in [0.29, 0.717) is 11.4 Å². The SMILES string of the molecule is O=C(NC(=S)Nc1ccc(N2CCN(c3c(F)c(F)c(F)c(F)c3F)CC2)c(Cl)c1)c1ccc(-c2ccccc2[N+](=O)[O-])o1. The smallest absolute Gasteiger partial charge is 0.293 e. The maximum absolute atomic E-state index is 14.2. The van der Waals surface area contributed by atoms with Gasteiger partial charge in [0.05, 0.1) is 21.2 Å². The highest BCUT2D eigenvalue weighted by molar-refractivity contribution is 7.80. The van der Waals surface area contributed by atoms with Gasteiger partial charge < -0.3 is 19.5 Å². The van der Waals surface area contributed by atoms with Gasteiger partial charge in [-0.15, -0.1) is 0 Å². The van der Waals surface area contributed by atoms with Crippen molar-refractivity contribution >= 4 is 57.6 Å². The molecule has 228 valence electrons. The Labute approximate surface area is 256 Å². The maximum Gasteiger partial charge on any atom is 0.293 e. The summed E-state index contributed by atoms with van der Waals surface area (Å²) in [6, 6.07) is 13.4. The van der Waals surface area contributed by atoms with E-state index in [4.69, 9.17) is 28.2 Å². The molecule has 1 saturated heterocycles. The lowest BCUT2D eigenvalue weighted by Crippen LogP contribution is -2.47. The number of rotatable bonds is 6. The molecule has 0 radical (unpaired) electrons. The van der Waals surface area contributed by atoms with E-state index in [0.717, 1.165) is 4.90 Å². The fourth-order valence-electron chi connectivity index (χ4n) is 4.66. The summed E-state index contributed by atoms with van der Waals surface area (Å²) < 4.78 is 74.7. The van der Waals surface area contributed by atoms with Gasteiger partial charge in [0.1, 0.15) is 11.4 Å². The van der Waals surface area contributed by atoms with Crippen molar-refractivity contribution < 1.29 is 36.1 Å². The summed E-state index contributed by atoms with van der Waals surface area (Å²) in [5.74, 6) is -10.7. The van der Waals surface area contributed by atoms with Crippen LogP contribution in [0.3, 0.4) is 0 Å².